The molecule has 0 aliphatic heterocycles. The van der Waals surface area contributed by atoms with E-state index in [2.05, 4.69) is 0 Å². The summed E-state index contributed by atoms with van der Waals surface area (Å²) in [6.45, 7) is 1.95. The SMILES string of the molecule is CCSc1c(C#N)cc(C#N)cc1C#N. The van der Waals surface area contributed by atoms with Gasteiger partial charge in [-0.3, -0.25) is 0 Å². The molecule has 0 aromatic heterocycles. The normalized spacial score (nSPS) is 8.67. The zero-order valence-electron chi connectivity index (χ0n) is 8.11. The lowest BCUT2D eigenvalue weighted by molar-refractivity contribution is 1.29. The second-order valence-corrected chi connectivity index (χ2v) is 3.94. The lowest BCUT2D eigenvalue weighted by atomic mass is 10.1. The Balaban J connectivity index is 3.44. The first-order valence-corrected chi connectivity index (χ1v) is 5.26. The van der Waals surface area contributed by atoms with E-state index in [9.17, 15) is 0 Å². The molecule has 0 aliphatic carbocycles. The van der Waals surface area contributed by atoms with Gasteiger partial charge in [-0.2, -0.15) is 15.8 Å². The molecule has 1 aromatic carbocycles. The van der Waals surface area contributed by atoms with Gasteiger partial charge in [0.2, 0.25) is 0 Å². The van der Waals surface area contributed by atoms with Gasteiger partial charge in [-0.05, 0) is 17.9 Å². The highest BCUT2D eigenvalue weighted by molar-refractivity contribution is 7.99. The van der Waals surface area contributed by atoms with Crippen molar-refractivity contribution in [2.45, 2.75) is 11.8 Å². The summed E-state index contributed by atoms with van der Waals surface area (Å²) in [7, 11) is 0. The van der Waals surface area contributed by atoms with Gasteiger partial charge in [-0.1, -0.05) is 6.92 Å². The first kappa shape index (κ1) is 11.1. The summed E-state index contributed by atoms with van der Waals surface area (Å²) in [5.74, 6) is 0.787. The smallest absolute Gasteiger partial charge is 0.100 e. The molecule has 4 heteroatoms. The number of benzene rings is 1. The third-order valence-electron chi connectivity index (χ3n) is 1.75. The van der Waals surface area contributed by atoms with Crippen molar-refractivity contribution in [2.24, 2.45) is 0 Å². The summed E-state index contributed by atoms with van der Waals surface area (Å²) in [5, 5.41) is 26.5. The topological polar surface area (TPSA) is 71.4 Å². The van der Waals surface area contributed by atoms with Crippen LogP contribution in [0.15, 0.2) is 17.0 Å². The summed E-state index contributed by atoms with van der Waals surface area (Å²) in [5.41, 5.74) is 1.15. The molecule has 1 aromatic rings. The number of nitriles is 3. The summed E-state index contributed by atoms with van der Waals surface area (Å²) < 4.78 is 0. The predicted octanol–water partition coefficient (Wildman–Crippen LogP) is 2.41. The summed E-state index contributed by atoms with van der Waals surface area (Å²) in [6, 6.07) is 8.97. The van der Waals surface area contributed by atoms with Crippen LogP contribution in [0, 0.1) is 34.0 Å². The van der Waals surface area contributed by atoms with Gasteiger partial charge in [0, 0.05) is 4.90 Å². The molecule has 0 heterocycles. The molecule has 0 N–H and O–H groups in total. The molecular weight excluding hydrogens is 206 g/mol. The Morgan fingerprint density at radius 1 is 1.07 bits per heavy atom. The maximum Gasteiger partial charge on any atom is 0.100 e. The van der Waals surface area contributed by atoms with Crippen molar-refractivity contribution in [3.8, 4) is 18.2 Å². The summed E-state index contributed by atoms with van der Waals surface area (Å²) >= 11 is 1.44. The molecule has 1 rings (SSSR count). The molecule has 0 radical (unpaired) electrons. The molecule has 0 atom stereocenters. The Kier molecular flexibility index (Phi) is 3.75. The molecule has 3 nitrogen and oxygen atoms in total. The van der Waals surface area contributed by atoms with Crippen molar-refractivity contribution >= 4 is 11.8 Å². The molecule has 0 amide bonds. The number of nitrogens with zero attached hydrogens (tertiary/aromatic N) is 3. The Hall–Kier alpha value is -1.96. The molecule has 15 heavy (non-hydrogen) atoms. The predicted molar refractivity (Wildman–Crippen MR) is 57.0 cm³/mol. The number of thioether (sulfide) groups is 1. The third-order valence-corrected chi connectivity index (χ3v) is 2.76. The molecule has 0 saturated carbocycles. The summed E-state index contributed by atoms with van der Waals surface area (Å²) in [4.78, 5) is 0.668. The molecule has 0 spiro atoms. The van der Waals surface area contributed by atoms with Crippen molar-refractivity contribution in [1.29, 1.82) is 15.8 Å². The van der Waals surface area contributed by atoms with E-state index in [1.807, 2.05) is 25.1 Å². The maximum atomic E-state index is 8.90. The standard InChI is InChI=1S/C11H7N3S/c1-2-15-11-9(6-13)3-8(5-12)4-10(11)7-14/h3-4H,2H2,1H3. The molecule has 0 saturated heterocycles. The monoisotopic (exact) mass is 213 g/mol. The zero-order valence-corrected chi connectivity index (χ0v) is 8.93. The van der Waals surface area contributed by atoms with Crippen molar-refractivity contribution < 1.29 is 0 Å². The van der Waals surface area contributed by atoms with Crippen LogP contribution in [0.5, 0.6) is 0 Å². The van der Waals surface area contributed by atoms with Gasteiger partial charge < -0.3 is 0 Å². The van der Waals surface area contributed by atoms with Gasteiger partial charge in [0.1, 0.15) is 12.1 Å². The molecule has 0 unspecified atom stereocenters. The van der Waals surface area contributed by atoms with E-state index in [0.29, 0.717) is 21.6 Å². The Labute approximate surface area is 92.6 Å². The van der Waals surface area contributed by atoms with Crippen molar-refractivity contribution in [3.05, 3.63) is 28.8 Å². The van der Waals surface area contributed by atoms with Crippen LogP contribution in [0.25, 0.3) is 0 Å². The van der Waals surface area contributed by atoms with Gasteiger partial charge in [-0.15, -0.1) is 11.8 Å². The van der Waals surface area contributed by atoms with E-state index in [0.717, 1.165) is 5.75 Å². The van der Waals surface area contributed by atoms with Crippen LogP contribution in [0.2, 0.25) is 0 Å². The minimum absolute atomic E-state index is 0.351. The molecular formula is C11H7N3S. The van der Waals surface area contributed by atoms with E-state index in [1.165, 1.54) is 23.9 Å². The van der Waals surface area contributed by atoms with Gasteiger partial charge in [0.25, 0.3) is 0 Å². The van der Waals surface area contributed by atoms with Crippen LogP contribution in [-0.2, 0) is 0 Å². The summed E-state index contributed by atoms with van der Waals surface area (Å²) in [6.07, 6.45) is 0. The second-order valence-electron chi connectivity index (χ2n) is 2.67. The third kappa shape index (κ3) is 2.29. The zero-order chi connectivity index (χ0) is 11.3. The Bertz CT molecular complexity index is 465. The highest BCUT2D eigenvalue weighted by Gasteiger charge is 2.10. The molecule has 0 bridgehead atoms. The average molecular weight is 213 g/mol. The fraction of sp³-hybridized carbons (Fsp3) is 0.182. The lowest BCUT2D eigenvalue weighted by Gasteiger charge is -2.04. The quantitative estimate of drug-likeness (QED) is 0.707. The molecule has 72 valence electrons. The number of rotatable bonds is 2. The van der Waals surface area contributed by atoms with E-state index in [4.69, 9.17) is 15.8 Å². The molecule has 0 fully saturated rings. The lowest BCUT2D eigenvalue weighted by Crippen LogP contribution is -1.90. The van der Waals surface area contributed by atoms with E-state index in [-0.39, 0.29) is 0 Å². The minimum Gasteiger partial charge on any atom is -0.192 e. The van der Waals surface area contributed by atoms with E-state index in [1.54, 1.807) is 0 Å². The van der Waals surface area contributed by atoms with Crippen LogP contribution in [0.3, 0.4) is 0 Å². The van der Waals surface area contributed by atoms with Gasteiger partial charge in [0.15, 0.2) is 0 Å². The van der Waals surface area contributed by atoms with Crippen LogP contribution < -0.4 is 0 Å². The number of hydrogen-bond acceptors (Lipinski definition) is 4. The molecule has 0 aliphatic rings. The van der Waals surface area contributed by atoms with Gasteiger partial charge >= 0.3 is 0 Å². The van der Waals surface area contributed by atoms with Crippen LogP contribution in [0.4, 0.5) is 0 Å². The van der Waals surface area contributed by atoms with Crippen molar-refractivity contribution in [2.75, 3.05) is 5.75 Å². The van der Waals surface area contributed by atoms with Gasteiger partial charge in [0.05, 0.1) is 22.8 Å². The first-order chi connectivity index (χ1) is 7.26. The highest BCUT2D eigenvalue weighted by atomic mass is 32.2. The first-order valence-electron chi connectivity index (χ1n) is 4.28. The Morgan fingerprint density at radius 2 is 1.60 bits per heavy atom. The second kappa shape index (κ2) is 5.05. The van der Waals surface area contributed by atoms with Crippen molar-refractivity contribution in [3.63, 3.8) is 0 Å². The van der Waals surface area contributed by atoms with E-state index >= 15 is 0 Å². The van der Waals surface area contributed by atoms with Gasteiger partial charge in [-0.25, -0.2) is 0 Å². The largest absolute Gasteiger partial charge is 0.192 e. The van der Waals surface area contributed by atoms with Crippen molar-refractivity contribution in [1.82, 2.24) is 0 Å². The van der Waals surface area contributed by atoms with Crippen LogP contribution >= 0.6 is 11.8 Å². The van der Waals surface area contributed by atoms with Crippen LogP contribution in [-0.4, -0.2) is 5.75 Å². The highest BCUT2D eigenvalue weighted by Crippen LogP contribution is 2.27. The fourth-order valence-corrected chi connectivity index (χ4v) is 1.97. The number of hydrogen-bond donors (Lipinski definition) is 0. The minimum atomic E-state index is 0.351. The Morgan fingerprint density at radius 3 is 1.93 bits per heavy atom. The fourth-order valence-electron chi connectivity index (χ4n) is 1.16. The van der Waals surface area contributed by atoms with Crippen LogP contribution in [0.1, 0.15) is 23.6 Å². The van der Waals surface area contributed by atoms with E-state index < -0.39 is 0 Å². The average Bonchev–Trinajstić information content (AvgIpc) is 2.29. The maximum absolute atomic E-state index is 8.90.